The van der Waals surface area contributed by atoms with Gasteiger partial charge in [0.15, 0.2) is 0 Å². The minimum atomic E-state index is 0. The molecule has 0 amide bonds. The van der Waals surface area contributed by atoms with Gasteiger partial charge in [0.2, 0.25) is 0 Å². The fourth-order valence-electron chi connectivity index (χ4n) is 3.61. The molecule has 1 radical (unpaired) electrons. The first kappa shape index (κ1) is 24.5. The number of pyridine rings is 2. The number of benzene rings is 3. The van der Waals surface area contributed by atoms with Gasteiger partial charge in [0, 0.05) is 32.5 Å². The van der Waals surface area contributed by atoms with Crippen LogP contribution >= 0.6 is 0 Å². The van der Waals surface area contributed by atoms with Gasteiger partial charge >= 0.3 is 0 Å². The normalized spacial score (nSPS) is 10.3. The van der Waals surface area contributed by atoms with Gasteiger partial charge in [0.25, 0.3) is 0 Å². The molecular formula is C30H26IrN2-2. The molecule has 167 valence electrons. The molecule has 0 fully saturated rings. The Morgan fingerprint density at radius 3 is 1.88 bits per heavy atom. The average Bonchev–Trinajstić information content (AvgIpc) is 2.85. The summed E-state index contributed by atoms with van der Waals surface area (Å²) in [6.45, 7) is 6.45. The van der Waals surface area contributed by atoms with Crippen molar-refractivity contribution >= 4 is 10.8 Å². The van der Waals surface area contributed by atoms with Crippen molar-refractivity contribution in [1.29, 1.82) is 0 Å². The Balaban J connectivity index is 0.000000192. The van der Waals surface area contributed by atoms with Crippen molar-refractivity contribution in [2.24, 2.45) is 0 Å². The zero-order valence-electron chi connectivity index (χ0n) is 19.0. The van der Waals surface area contributed by atoms with Crippen molar-refractivity contribution in [3.05, 3.63) is 121 Å². The second-order valence-corrected chi connectivity index (χ2v) is 8.04. The summed E-state index contributed by atoms with van der Waals surface area (Å²) < 4.78 is 0. The monoisotopic (exact) mass is 607 g/mol. The zero-order valence-corrected chi connectivity index (χ0v) is 21.4. The first-order valence-corrected chi connectivity index (χ1v) is 10.9. The van der Waals surface area contributed by atoms with Crippen LogP contribution in [-0.2, 0) is 20.1 Å². The number of rotatable bonds is 3. The van der Waals surface area contributed by atoms with E-state index >= 15 is 0 Å². The van der Waals surface area contributed by atoms with Crippen molar-refractivity contribution in [1.82, 2.24) is 9.97 Å². The summed E-state index contributed by atoms with van der Waals surface area (Å²) >= 11 is 0. The molecule has 0 aliphatic carbocycles. The Morgan fingerprint density at radius 1 is 0.667 bits per heavy atom. The summed E-state index contributed by atoms with van der Waals surface area (Å²) in [5, 5.41) is 2.50. The van der Waals surface area contributed by atoms with Crippen molar-refractivity contribution in [3.63, 3.8) is 0 Å². The van der Waals surface area contributed by atoms with E-state index in [1.54, 1.807) is 0 Å². The van der Waals surface area contributed by atoms with Crippen molar-refractivity contribution < 1.29 is 20.1 Å². The van der Waals surface area contributed by atoms with Gasteiger partial charge in [-0.3, -0.25) is 0 Å². The second-order valence-electron chi connectivity index (χ2n) is 8.04. The third-order valence-corrected chi connectivity index (χ3v) is 5.31. The maximum atomic E-state index is 4.67. The standard InChI is InChI=1S/C18H16N.C12H10N.Ir/c1-13(2)17-12-19-18(14-8-4-3-5-9-14)16-11-7-6-10-15(16)17;1-10-7-8-12(13-9-10)11-5-3-2-4-6-11;/h3-8,10-13H,1-2H3;2-5,7-9H,1H3;/q2*-1;. The Bertz CT molecular complexity index is 1280. The van der Waals surface area contributed by atoms with Crippen LogP contribution in [0, 0.1) is 19.1 Å². The maximum absolute atomic E-state index is 4.67. The fraction of sp³-hybridized carbons (Fsp3) is 0.133. The van der Waals surface area contributed by atoms with Crippen molar-refractivity contribution in [2.45, 2.75) is 26.7 Å². The van der Waals surface area contributed by atoms with Gasteiger partial charge < -0.3 is 9.97 Å². The minimum Gasteiger partial charge on any atom is -0.304 e. The molecule has 2 heterocycles. The molecule has 0 atom stereocenters. The molecule has 3 heteroatoms. The predicted molar refractivity (Wildman–Crippen MR) is 133 cm³/mol. The van der Waals surface area contributed by atoms with E-state index in [0.29, 0.717) is 5.92 Å². The molecule has 5 aromatic rings. The molecule has 0 N–H and O–H groups in total. The van der Waals surface area contributed by atoms with Gasteiger partial charge in [0.05, 0.1) is 0 Å². The predicted octanol–water partition coefficient (Wildman–Crippen LogP) is 7.68. The van der Waals surface area contributed by atoms with Gasteiger partial charge in [0.1, 0.15) is 0 Å². The summed E-state index contributed by atoms with van der Waals surface area (Å²) in [6, 6.07) is 34.8. The zero-order chi connectivity index (χ0) is 22.3. The van der Waals surface area contributed by atoms with E-state index in [9.17, 15) is 0 Å². The Kier molecular flexibility index (Phi) is 8.65. The number of aromatic nitrogens is 2. The van der Waals surface area contributed by atoms with Crippen LogP contribution in [0.5, 0.6) is 0 Å². The third kappa shape index (κ3) is 6.01. The molecule has 0 unspecified atom stereocenters. The van der Waals surface area contributed by atoms with E-state index in [1.165, 1.54) is 21.9 Å². The molecule has 0 saturated heterocycles. The molecule has 0 aliphatic rings. The molecule has 0 bridgehead atoms. The van der Waals surface area contributed by atoms with Crippen LogP contribution in [0.3, 0.4) is 0 Å². The van der Waals surface area contributed by atoms with Crippen molar-refractivity contribution in [2.75, 3.05) is 0 Å². The first-order valence-electron chi connectivity index (χ1n) is 10.9. The van der Waals surface area contributed by atoms with E-state index in [1.807, 2.05) is 67.8 Å². The number of hydrogen-bond acceptors (Lipinski definition) is 2. The number of fused-ring (bicyclic) bond motifs is 1. The van der Waals surface area contributed by atoms with Gasteiger partial charge in [-0.2, -0.15) is 0 Å². The number of aryl methyl sites for hydroxylation is 1. The maximum Gasteiger partial charge on any atom is 0.0201 e. The van der Waals surface area contributed by atoms with Crippen LogP contribution in [0.1, 0.15) is 30.9 Å². The van der Waals surface area contributed by atoms with E-state index in [2.05, 4.69) is 72.3 Å². The van der Waals surface area contributed by atoms with Crippen molar-refractivity contribution in [3.8, 4) is 22.5 Å². The average molecular weight is 607 g/mol. The third-order valence-electron chi connectivity index (χ3n) is 5.31. The van der Waals surface area contributed by atoms with Gasteiger partial charge in [-0.25, -0.2) is 0 Å². The Hall–Kier alpha value is -3.13. The largest absolute Gasteiger partial charge is 0.304 e. The SMILES string of the molecule is CC(C)c1cnc(-c2[c-]cccc2)c2ccccc12.Cc1ccc(-c2[c-]cccc2)nc1.[Ir]. The second kappa shape index (κ2) is 11.7. The molecule has 2 aromatic heterocycles. The van der Waals surface area contributed by atoms with Crippen LogP contribution in [-0.4, -0.2) is 9.97 Å². The summed E-state index contributed by atoms with van der Waals surface area (Å²) in [5.74, 6) is 0.478. The Morgan fingerprint density at radius 2 is 1.30 bits per heavy atom. The molecule has 3 aromatic carbocycles. The molecule has 2 nitrogen and oxygen atoms in total. The van der Waals surface area contributed by atoms with E-state index in [-0.39, 0.29) is 20.1 Å². The Labute approximate surface area is 210 Å². The van der Waals surface area contributed by atoms with Crippen LogP contribution in [0.25, 0.3) is 33.3 Å². The van der Waals surface area contributed by atoms with E-state index in [4.69, 9.17) is 0 Å². The van der Waals surface area contributed by atoms with Crippen LogP contribution < -0.4 is 0 Å². The number of nitrogens with zero attached hydrogens (tertiary/aromatic N) is 2. The molecule has 33 heavy (non-hydrogen) atoms. The smallest absolute Gasteiger partial charge is 0.0201 e. The van der Waals surface area contributed by atoms with E-state index < -0.39 is 0 Å². The van der Waals surface area contributed by atoms with Gasteiger partial charge in [-0.1, -0.05) is 50.2 Å². The molecule has 0 spiro atoms. The summed E-state index contributed by atoms with van der Waals surface area (Å²) in [5.41, 5.74) is 6.57. The van der Waals surface area contributed by atoms with Gasteiger partial charge in [-0.05, 0) is 46.1 Å². The van der Waals surface area contributed by atoms with Crippen LogP contribution in [0.4, 0.5) is 0 Å². The molecular weight excluding hydrogens is 581 g/mol. The first-order chi connectivity index (χ1) is 15.6. The summed E-state index contributed by atoms with van der Waals surface area (Å²) in [6.07, 6.45) is 3.87. The molecule has 0 aliphatic heterocycles. The number of hydrogen-bond donors (Lipinski definition) is 0. The molecule has 0 saturated carbocycles. The van der Waals surface area contributed by atoms with Crippen LogP contribution in [0.2, 0.25) is 0 Å². The van der Waals surface area contributed by atoms with Crippen LogP contribution in [0.15, 0.2) is 97.3 Å². The molecule has 5 rings (SSSR count). The van der Waals surface area contributed by atoms with E-state index in [0.717, 1.165) is 22.5 Å². The van der Waals surface area contributed by atoms with Gasteiger partial charge in [-0.15, -0.1) is 71.8 Å². The summed E-state index contributed by atoms with van der Waals surface area (Å²) in [7, 11) is 0. The minimum absolute atomic E-state index is 0. The fourth-order valence-corrected chi connectivity index (χ4v) is 3.61. The quantitative estimate of drug-likeness (QED) is 0.197. The summed E-state index contributed by atoms with van der Waals surface area (Å²) in [4.78, 5) is 8.98. The topological polar surface area (TPSA) is 25.8 Å².